The Kier molecular flexibility index (Phi) is 11.0. The maximum absolute atomic E-state index is 6.25. The summed E-state index contributed by atoms with van der Waals surface area (Å²) < 4.78 is 0. The molecule has 0 unspecified atom stereocenters. The van der Waals surface area contributed by atoms with Crippen molar-refractivity contribution in [1.82, 2.24) is 15.5 Å². The molecule has 2 fully saturated rings. The highest BCUT2D eigenvalue weighted by Crippen LogP contribution is 2.39. The number of nitrogen functional groups attached to an aromatic ring is 1. The monoisotopic (exact) mass is 600 g/mol. The minimum absolute atomic E-state index is 0.107. The van der Waals surface area contributed by atoms with Crippen molar-refractivity contribution in [3.63, 3.8) is 0 Å². The van der Waals surface area contributed by atoms with Gasteiger partial charge in [0.25, 0.3) is 0 Å². The summed E-state index contributed by atoms with van der Waals surface area (Å²) >= 11 is 0. The summed E-state index contributed by atoms with van der Waals surface area (Å²) in [6.45, 7) is 42.7. The molecule has 250 valence electrons. The molecule has 0 atom stereocenters. The Bertz CT molecular complexity index is 1020. The number of benzene rings is 1. The molecular weight excluding hydrogens is 526 g/mol. The van der Waals surface area contributed by atoms with E-state index in [0.717, 1.165) is 25.1 Å². The van der Waals surface area contributed by atoms with Crippen LogP contribution in [-0.2, 0) is 5.41 Å². The third kappa shape index (κ3) is 10.9. The van der Waals surface area contributed by atoms with Crippen LogP contribution in [0.1, 0.15) is 156 Å². The van der Waals surface area contributed by atoms with Crippen LogP contribution >= 0.6 is 0 Å². The highest BCUT2D eigenvalue weighted by Gasteiger charge is 2.45. The van der Waals surface area contributed by atoms with Gasteiger partial charge in [-0.15, -0.1) is 0 Å². The molecule has 0 bridgehead atoms. The van der Waals surface area contributed by atoms with Crippen molar-refractivity contribution >= 4 is 11.4 Å². The van der Waals surface area contributed by atoms with E-state index >= 15 is 0 Å². The van der Waals surface area contributed by atoms with Crippen molar-refractivity contribution in [1.29, 1.82) is 0 Å². The molecule has 0 aliphatic carbocycles. The van der Waals surface area contributed by atoms with Gasteiger partial charge in [-0.1, -0.05) is 20.8 Å². The average molecular weight is 600 g/mol. The normalized spacial score (nSPS) is 22.6. The van der Waals surface area contributed by atoms with Gasteiger partial charge in [0.15, 0.2) is 0 Å². The first-order chi connectivity index (χ1) is 19.0. The molecule has 43 heavy (non-hydrogen) atoms. The van der Waals surface area contributed by atoms with E-state index in [4.69, 9.17) is 5.73 Å². The van der Waals surface area contributed by atoms with Crippen LogP contribution in [0.5, 0.6) is 0 Å². The standard InChI is InChI=1S/C21H37N3.C17H36N2/c1-9-24(18-13-20(5,6)23-21(7,8)14-18)17-11-15(19(2,3)4)10-16(22)12-17;1-14(2,3)19(15(4,5)6)13-11-16(7,8)18-17(9,10)12-13/h10-12,18,23H,9,13-14,22H2,1-8H3;13,18H,11-12H2,1-10H3. The van der Waals surface area contributed by atoms with Gasteiger partial charge in [0, 0.05) is 63.2 Å². The van der Waals surface area contributed by atoms with Crippen LogP contribution in [0.4, 0.5) is 11.4 Å². The lowest BCUT2D eigenvalue weighted by Crippen LogP contribution is -2.67. The van der Waals surface area contributed by atoms with Gasteiger partial charge in [-0.25, -0.2) is 0 Å². The lowest BCUT2D eigenvalue weighted by atomic mass is 9.76. The predicted molar refractivity (Wildman–Crippen MR) is 193 cm³/mol. The number of piperidine rings is 2. The van der Waals surface area contributed by atoms with Gasteiger partial charge in [-0.05, 0) is 159 Å². The van der Waals surface area contributed by atoms with Gasteiger partial charge < -0.3 is 21.3 Å². The van der Waals surface area contributed by atoms with E-state index in [0.29, 0.717) is 12.1 Å². The summed E-state index contributed by atoms with van der Waals surface area (Å²) in [5.41, 5.74) is 10.9. The highest BCUT2D eigenvalue weighted by molar-refractivity contribution is 5.60. The maximum atomic E-state index is 6.25. The third-order valence-electron chi connectivity index (χ3n) is 9.07. The maximum Gasteiger partial charge on any atom is 0.0392 e. The Morgan fingerprint density at radius 3 is 1.35 bits per heavy atom. The molecule has 1 aromatic rings. The van der Waals surface area contributed by atoms with E-state index in [1.54, 1.807) is 0 Å². The van der Waals surface area contributed by atoms with Crippen LogP contribution in [0.25, 0.3) is 0 Å². The molecule has 5 heteroatoms. The first kappa shape index (κ1) is 37.9. The number of nitrogens with zero attached hydrogens (tertiary/aromatic N) is 2. The molecule has 2 aliphatic heterocycles. The van der Waals surface area contributed by atoms with Crippen molar-refractivity contribution in [2.24, 2.45) is 0 Å². The minimum Gasteiger partial charge on any atom is -0.399 e. The first-order valence-electron chi connectivity index (χ1n) is 17.0. The molecule has 2 heterocycles. The van der Waals surface area contributed by atoms with E-state index in [1.165, 1.54) is 24.1 Å². The second-order valence-corrected chi connectivity index (χ2v) is 19.5. The molecular formula is C38H73N5. The summed E-state index contributed by atoms with van der Waals surface area (Å²) in [4.78, 5) is 5.28. The van der Waals surface area contributed by atoms with E-state index in [1.807, 2.05) is 0 Å². The zero-order valence-electron chi connectivity index (χ0n) is 31.9. The topological polar surface area (TPSA) is 56.6 Å². The number of nitrogens with two attached hydrogens (primary N) is 1. The molecule has 0 amide bonds. The number of hydrogen-bond donors (Lipinski definition) is 3. The first-order valence-corrected chi connectivity index (χ1v) is 17.0. The van der Waals surface area contributed by atoms with Crippen molar-refractivity contribution < 1.29 is 0 Å². The van der Waals surface area contributed by atoms with E-state index in [9.17, 15) is 0 Å². The van der Waals surface area contributed by atoms with E-state index in [2.05, 4.69) is 163 Å². The van der Waals surface area contributed by atoms with Gasteiger partial charge >= 0.3 is 0 Å². The molecule has 2 saturated heterocycles. The van der Waals surface area contributed by atoms with Gasteiger partial charge in [0.2, 0.25) is 0 Å². The second-order valence-electron chi connectivity index (χ2n) is 19.5. The van der Waals surface area contributed by atoms with Crippen LogP contribution in [0, 0.1) is 0 Å². The molecule has 0 saturated carbocycles. The summed E-state index contributed by atoms with van der Waals surface area (Å²) in [5, 5.41) is 7.58. The van der Waals surface area contributed by atoms with Crippen LogP contribution in [-0.4, -0.2) is 56.8 Å². The van der Waals surface area contributed by atoms with Crippen molar-refractivity contribution in [2.45, 2.75) is 201 Å². The largest absolute Gasteiger partial charge is 0.399 e. The van der Waals surface area contributed by atoms with Crippen LogP contribution in [0.2, 0.25) is 0 Å². The van der Waals surface area contributed by atoms with Gasteiger partial charge in [-0.3, -0.25) is 4.90 Å². The van der Waals surface area contributed by atoms with E-state index < -0.39 is 0 Å². The van der Waals surface area contributed by atoms with Crippen LogP contribution in [0.3, 0.4) is 0 Å². The molecule has 0 radical (unpaired) electrons. The molecule has 4 N–H and O–H groups in total. The molecule has 0 aromatic heterocycles. The Labute approximate surface area is 268 Å². The smallest absolute Gasteiger partial charge is 0.0392 e. The summed E-state index contributed by atoms with van der Waals surface area (Å²) in [5.74, 6) is 0. The zero-order valence-corrected chi connectivity index (χ0v) is 31.9. The van der Waals surface area contributed by atoms with Crippen LogP contribution in [0.15, 0.2) is 18.2 Å². The van der Waals surface area contributed by atoms with Gasteiger partial charge in [0.1, 0.15) is 0 Å². The summed E-state index contributed by atoms with van der Waals surface area (Å²) in [6, 6.07) is 7.75. The quantitative estimate of drug-likeness (QED) is 0.302. The van der Waals surface area contributed by atoms with Crippen molar-refractivity contribution in [3.05, 3.63) is 23.8 Å². The summed E-state index contributed by atoms with van der Waals surface area (Å²) in [7, 11) is 0. The van der Waals surface area contributed by atoms with Crippen molar-refractivity contribution in [2.75, 3.05) is 17.2 Å². The SMILES string of the molecule is CC1(C)CC(N(C(C)(C)C)C(C)(C)C)CC(C)(C)N1.CCN(c1cc(N)cc(C(C)(C)C)c1)C1CC(C)(C)NC(C)(C)C1. The fraction of sp³-hybridized carbons (Fsp3) is 0.842. The zero-order chi connectivity index (χ0) is 33.6. The van der Waals surface area contributed by atoms with Gasteiger partial charge in [-0.2, -0.15) is 0 Å². The predicted octanol–water partition coefficient (Wildman–Crippen LogP) is 8.90. The highest BCUT2D eigenvalue weighted by atomic mass is 15.3. The molecule has 3 rings (SSSR count). The van der Waals surface area contributed by atoms with Crippen LogP contribution < -0.4 is 21.3 Å². The molecule has 0 spiro atoms. The number of hydrogen-bond acceptors (Lipinski definition) is 5. The Morgan fingerprint density at radius 1 is 0.651 bits per heavy atom. The average Bonchev–Trinajstić information content (AvgIpc) is 2.66. The lowest BCUT2D eigenvalue weighted by molar-refractivity contribution is -0.0467. The second kappa shape index (κ2) is 12.5. The van der Waals surface area contributed by atoms with Crippen molar-refractivity contribution in [3.8, 4) is 0 Å². The summed E-state index contributed by atoms with van der Waals surface area (Å²) in [6.07, 6.45) is 4.71. The molecule has 2 aliphatic rings. The fourth-order valence-electron chi connectivity index (χ4n) is 8.93. The Morgan fingerprint density at radius 2 is 1.02 bits per heavy atom. The molecule has 1 aromatic carbocycles. The lowest BCUT2D eigenvalue weighted by Gasteiger charge is -2.57. The molecule has 5 nitrogen and oxygen atoms in total. The Hall–Kier alpha value is -1.30. The van der Waals surface area contributed by atoms with Gasteiger partial charge in [0.05, 0.1) is 0 Å². The number of anilines is 2. The number of rotatable bonds is 4. The minimum atomic E-state index is 0.107. The fourth-order valence-corrected chi connectivity index (χ4v) is 8.93. The third-order valence-corrected chi connectivity index (χ3v) is 9.07. The number of nitrogens with one attached hydrogen (secondary N) is 2. The van der Waals surface area contributed by atoms with E-state index in [-0.39, 0.29) is 38.6 Å². The Balaban J connectivity index is 0.000000309.